The Kier molecular flexibility index (Phi) is 6.88. The molecule has 1 saturated heterocycles. The number of alkyl halides is 3. The number of amides is 2. The van der Waals surface area contributed by atoms with Crippen LogP contribution in [0.1, 0.15) is 12.8 Å². The minimum atomic E-state index is -4.25. The summed E-state index contributed by atoms with van der Waals surface area (Å²) >= 11 is 5.95. The van der Waals surface area contributed by atoms with E-state index in [1.807, 2.05) is 0 Å². The van der Waals surface area contributed by atoms with Crippen LogP contribution in [-0.4, -0.2) is 61.0 Å². The number of hydrogen-bond donors (Lipinski definition) is 1. The molecule has 1 aromatic rings. The minimum Gasteiger partial charge on any atom is -0.335 e. The van der Waals surface area contributed by atoms with E-state index >= 15 is 0 Å². The maximum Gasteiger partial charge on any atom is 0.393 e. The highest BCUT2D eigenvalue weighted by Crippen LogP contribution is 2.33. The Labute approximate surface area is 155 Å². The number of rotatable bonds is 5. The summed E-state index contributed by atoms with van der Waals surface area (Å²) in [5, 5.41) is 2.98. The monoisotopic (exact) mass is 391 g/mol. The quantitative estimate of drug-likeness (QED) is 0.839. The van der Waals surface area contributed by atoms with Crippen LogP contribution in [0.3, 0.4) is 0 Å². The Morgan fingerprint density at radius 3 is 2.69 bits per heavy atom. The standard InChI is InChI=1S/C17H21ClF3N3O2/c1-23(10-15(25)22-14-7-3-2-6-13(14)18)16(26)11-24-8-4-5-12(9-24)17(19,20)21/h2-3,6-7,12H,4-5,8-11H2,1H3,(H,22,25)/t12-/m0/s1. The molecular formula is C17H21ClF3N3O2. The second kappa shape index (κ2) is 8.73. The Balaban J connectivity index is 1.83. The molecule has 0 spiro atoms. The molecule has 1 aliphatic rings. The molecule has 1 aliphatic heterocycles. The fraction of sp³-hybridized carbons (Fsp3) is 0.529. The van der Waals surface area contributed by atoms with E-state index in [-0.39, 0.29) is 26.1 Å². The van der Waals surface area contributed by atoms with Crippen molar-refractivity contribution in [3.63, 3.8) is 0 Å². The van der Waals surface area contributed by atoms with Gasteiger partial charge in [0.2, 0.25) is 11.8 Å². The lowest BCUT2D eigenvalue weighted by Crippen LogP contribution is -2.47. The second-order valence-corrected chi connectivity index (χ2v) is 6.80. The number of halogens is 4. The fourth-order valence-electron chi connectivity index (χ4n) is 2.83. The number of hydrogen-bond acceptors (Lipinski definition) is 3. The van der Waals surface area contributed by atoms with E-state index in [2.05, 4.69) is 5.32 Å². The molecule has 26 heavy (non-hydrogen) atoms. The smallest absolute Gasteiger partial charge is 0.335 e. The molecule has 9 heteroatoms. The first kappa shape index (κ1) is 20.5. The van der Waals surface area contributed by atoms with E-state index in [1.54, 1.807) is 24.3 Å². The van der Waals surface area contributed by atoms with Gasteiger partial charge in [-0.25, -0.2) is 0 Å². The van der Waals surface area contributed by atoms with Gasteiger partial charge in [-0.15, -0.1) is 0 Å². The molecule has 144 valence electrons. The third-order valence-electron chi connectivity index (χ3n) is 4.28. The first-order chi connectivity index (χ1) is 12.2. The number of carbonyl (C=O) groups excluding carboxylic acids is 2. The molecule has 1 fully saturated rings. The molecule has 1 aromatic carbocycles. The molecule has 0 bridgehead atoms. The largest absolute Gasteiger partial charge is 0.393 e. The maximum atomic E-state index is 12.8. The molecule has 0 aliphatic carbocycles. The van der Waals surface area contributed by atoms with Crippen molar-refractivity contribution in [2.75, 3.05) is 38.5 Å². The van der Waals surface area contributed by atoms with Crippen molar-refractivity contribution in [3.8, 4) is 0 Å². The zero-order valence-corrected chi connectivity index (χ0v) is 15.1. The predicted molar refractivity (Wildman–Crippen MR) is 92.9 cm³/mol. The number of nitrogens with one attached hydrogen (secondary N) is 1. The van der Waals surface area contributed by atoms with E-state index in [0.717, 1.165) is 0 Å². The van der Waals surface area contributed by atoms with E-state index in [9.17, 15) is 22.8 Å². The Morgan fingerprint density at radius 1 is 1.35 bits per heavy atom. The molecule has 1 heterocycles. The van der Waals surface area contributed by atoms with E-state index in [0.29, 0.717) is 23.7 Å². The number of para-hydroxylation sites is 1. The van der Waals surface area contributed by atoms with Crippen LogP contribution >= 0.6 is 11.6 Å². The lowest BCUT2D eigenvalue weighted by molar-refractivity contribution is -0.187. The van der Waals surface area contributed by atoms with Gasteiger partial charge in [0.05, 0.1) is 29.7 Å². The van der Waals surface area contributed by atoms with E-state index in [1.165, 1.54) is 16.8 Å². The predicted octanol–water partition coefficient (Wildman–Crippen LogP) is 3.01. The average Bonchev–Trinajstić information content (AvgIpc) is 2.56. The summed E-state index contributed by atoms with van der Waals surface area (Å²) in [5.41, 5.74) is 0.434. The van der Waals surface area contributed by atoms with Crippen molar-refractivity contribution in [1.29, 1.82) is 0 Å². The summed E-state index contributed by atoms with van der Waals surface area (Å²) < 4.78 is 38.5. The van der Waals surface area contributed by atoms with Gasteiger partial charge < -0.3 is 10.2 Å². The number of benzene rings is 1. The third kappa shape index (κ3) is 5.88. The number of carbonyl (C=O) groups is 2. The summed E-state index contributed by atoms with van der Waals surface area (Å²) in [5.74, 6) is -2.24. The van der Waals surface area contributed by atoms with Gasteiger partial charge in [0, 0.05) is 13.6 Å². The Morgan fingerprint density at radius 2 is 2.04 bits per heavy atom. The molecule has 0 aromatic heterocycles. The third-order valence-corrected chi connectivity index (χ3v) is 4.61. The summed E-state index contributed by atoms with van der Waals surface area (Å²) in [6.07, 6.45) is -3.76. The fourth-order valence-corrected chi connectivity index (χ4v) is 3.02. The van der Waals surface area contributed by atoms with Crippen molar-refractivity contribution in [1.82, 2.24) is 9.80 Å². The number of piperidine rings is 1. The van der Waals surface area contributed by atoms with E-state index < -0.39 is 23.9 Å². The van der Waals surface area contributed by atoms with Gasteiger partial charge in [0.1, 0.15) is 0 Å². The topological polar surface area (TPSA) is 52.7 Å². The summed E-state index contributed by atoms with van der Waals surface area (Å²) in [6.45, 7) is -0.0874. The zero-order valence-electron chi connectivity index (χ0n) is 14.4. The van der Waals surface area contributed by atoms with Crippen LogP contribution in [0, 0.1) is 5.92 Å². The van der Waals surface area contributed by atoms with Crippen molar-refractivity contribution in [3.05, 3.63) is 29.3 Å². The van der Waals surface area contributed by atoms with Gasteiger partial charge >= 0.3 is 6.18 Å². The van der Waals surface area contributed by atoms with Crippen molar-refractivity contribution in [2.24, 2.45) is 5.92 Å². The van der Waals surface area contributed by atoms with Crippen LogP contribution < -0.4 is 5.32 Å². The van der Waals surface area contributed by atoms with Gasteiger partial charge in [-0.3, -0.25) is 14.5 Å². The van der Waals surface area contributed by atoms with Gasteiger partial charge in [-0.1, -0.05) is 23.7 Å². The molecule has 1 atom stereocenters. The maximum absolute atomic E-state index is 12.8. The molecule has 1 N–H and O–H groups in total. The number of nitrogens with zero attached hydrogens (tertiary/aromatic N) is 2. The van der Waals surface area contributed by atoms with Gasteiger partial charge in [-0.05, 0) is 31.5 Å². The van der Waals surface area contributed by atoms with Crippen LogP contribution in [0.25, 0.3) is 0 Å². The van der Waals surface area contributed by atoms with Crippen molar-refractivity contribution < 1.29 is 22.8 Å². The number of likely N-dealkylation sites (tertiary alicyclic amines) is 1. The summed E-state index contributed by atoms with van der Waals surface area (Å²) in [4.78, 5) is 26.9. The first-order valence-corrected chi connectivity index (χ1v) is 8.62. The van der Waals surface area contributed by atoms with Crippen LogP contribution in [0.5, 0.6) is 0 Å². The normalized spacial score (nSPS) is 18.4. The lowest BCUT2D eigenvalue weighted by atomic mass is 9.97. The highest BCUT2D eigenvalue weighted by molar-refractivity contribution is 6.33. The molecule has 2 rings (SSSR count). The average molecular weight is 392 g/mol. The number of anilines is 1. The lowest BCUT2D eigenvalue weighted by Gasteiger charge is -2.34. The highest BCUT2D eigenvalue weighted by Gasteiger charge is 2.42. The van der Waals surface area contributed by atoms with Crippen LogP contribution in [0.15, 0.2) is 24.3 Å². The molecule has 5 nitrogen and oxygen atoms in total. The van der Waals surface area contributed by atoms with Gasteiger partial charge in [0.25, 0.3) is 0 Å². The zero-order chi connectivity index (χ0) is 19.3. The van der Waals surface area contributed by atoms with Gasteiger partial charge in [-0.2, -0.15) is 13.2 Å². The number of likely N-dealkylation sites (N-methyl/N-ethyl adjacent to an activating group) is 1. The summed E-state index contributed by atoms with van der Waals surface area (Å²) in [6, 6.07) is 6.69. The van der Waals surface area contributed by atoms with Crippen LogP contribution in [0.2, 0.25) is 5.02 Å². The second-order valence-electron chi connectivity index (χ2n) is 6.39. The SMILES string of the molecule is CN(CC(=O)Nc1ccccc1Cl)C(=O)CN1CCC[C@H](C(F)(F)F)C1. The van der Waals surface area contributed by atoms with Crippen LogP contribution in [-0.2, 0) is 9.59 Å². The Bertz CT molecular complexity index is 654. The van der Waals surface area contributed by atoms with Crippen molar-refractivity contribution in [2.45, 2.75) is 19.0 Å². The molecule has 0 saturated carbocycles. The highest BCUT2D eigenvalue weighted by atomic mass is 35.5. The van der Waals surface area contributed by atoms with Gasteiger partial charge in [0.15, 0.2) is 0 Å². The molecular weight excluding hydrogens is 371 g/mol. The molecule has 0 unspecified atom stereocenters. The van der Waals surface area contributed by atoms with E-state index in [4.69, 9.17) is 11.6 Å². The Hall–Kier alpha value is -1.80. The summed E-state index contributed by atoms with van der Waals surface area (Å²) in [7, 11) is 1.44. The van der Waals surface area contributed by atoms with Crippen LogP contribution in [0.4, 0.5) is 18.9 Å². The molecule has 2 amide bonds. The first-order valence-electron chi connectivity index (χ1n) is 8.24. The molecule has 0 radical (unpaired) electrons. The minimum absolute atomic E-state index is 0.0876. The van der Waals surface area contributed by atoms with Crippen molar-refractivity contribution >= 4 is 29.1 Å².